The van der Waals surface area contributed by atoms with Gasteiger partial charge in [-0.2, -0.15) is 0 Å². The van der Waals surface area contributed by atoms with Gasteiger partial charge in [-0.3, -0.25) is 11.3 Å². The predicted molar refractivity (Wildman–Crippen MR) is 57.2 cm³/mol. The van der Waals surface area contributed by atoms with Gasteiger partial charge in [-0.1, -0.05) is 40.9 Å². The summed E-state index contributed by atoms with van der Waals surface area (Å²) in [5, 5.41) is 1.25. The van der Waals surface area contributed by atoms with Crippen molar-refractivity contribution in [1.82, 2.24) is 5.43 Å². The molecule has 1 rings (SSSR count). The number of nitrogens with one attached hydrogen (secondary N) is 1. The van der Waals surface area contributed by atoms with E-state index in [2.05, 4.69) is 5.43 Å². The molecule has 0 aliphatic carbocycles. The van der Waals surface area contributed by atoms with Crippen molar-refractivity contribution in [1.29, 1.82) is 0 Å². The molecule has 0 fully saturated rings. The van der Waals surface area contributed by atoms with Gasteiger partial charge >= 0.3 is 0 Å². The summed E-state index contributed by atoms with van der Waals surface area (Å²) in [6, 6.07) is 3.43. The number of hydrazine groups is 1. The van der Waals surface area contributed by atoms with Crippen LogP contribution in [0.2, 0.25) is 15.1 Å². The summed E-state index contributed by atoms with van der Waals surface area (Å²) in [7, 11) is 0. The number of hydrogen-bond donors (Lipinski definition) is 2. The number of rotatable bonds is 2. The van der Waals surface area contributed by atoms with Gasteiger partial charge in [0, 0.05) is 6.04 Å². The number of benzene rings is 1. The van der Waals surface area contributed by atoms with E-state index in [4.69, 9.17) is 40.6 Å². The van der Waals surface area contributed by atoms with Crippen molar-refractivity contribution in [2.75, 3.05) is 0 Å². The lowest BCUT2D eigenvalue weighted by atomic mass is 10.1. The highest BCUT2D eigenvalue weighted by molar-refractivity contribution is 6.48. The molecule has 1 atom stereocenters. The van der Waals surface area contributed by atoms with Gasteiger partial charge in [0.05, 0.1) is 15.1 Å². The molecule has 5 heteroatoms. The third-order valence-electron chi connectivity index (χ3n) is 1.78. The maximum absolute atomic E-state index is 5.96. The van der Waals surface area contributed by atoms with E-state index in [0.29, 0.717) is 15.1 Å². The first-order valence-electron chi connectivity index (χ1n) is 3.67. The van der Waals surface area contributed by atoms with E-state index in [0.717, 1.165) is 5.56 Å². The highest BCUT2D eigenvalue weighted by Crippen LogP contribution is 2.34. The Kier molecular flexibility index (Phi) is 3.83. The zero-order valence-electron chi connectivity index (χ0n) is 6.94. The third kappa shape index (κ3) is 2.27. The quantitative estimate of drug-likeness (QED) is 0.473. The zero-order chi connectivity index (χ0) is 10.0. The number of halogens is 3. The minimum atomic E-state index is -0.0535. The standard InChI is InChI=1S/C8H9Cl3N2/c1-4(13-12)5-2-3-6(9)8(11)7(5)10/h2-4,13H,12H2,1H3/t4-/m1/s1. The Morgan fingerprint density at radius 2 is 1.85 bits per heavy atom. The van der Waals surface area contributed by atoms with Gasteiger partial charge in [0.15, 0.2) is 0 Å². The summed E-state index contributed by atoms with van der Waals surface area (Å²) in [6.45, 7) is 1.88. The Balaban J connectivity index is 3.18. The van der Waals surface area contributed by atoms with E-state index in [1.807, 2.05) is 6.92 Å². The van der Waals surface area contributed by atoms with Crippen LogP contribution in [-0.4, -0.2) is 0 Å². The minimum absolute atomic E-state index is 0.0535. The first-order valence-corrected chi connectivity index (χ1v) is 4.80. The van der Waals surface area contributed by atoms with Crippen LogP contribution in [0.4, 0.5) is 0 Å². The predicted octanol–water partition coefficient (Wildman–Crippen LogP) is 3.17. The van der Waals surface area contributed by atoms with Crippen molar-refractivity contribution in [2.45, 2.75) is 13.0 Å². The number of nitrogens with two attached hydrogens (primary N) is 1. The van der Waals surface area contributed by atoms with Gasteiger partial charge in [-0.25, -0.2) is 0 Å². The van der Waals surface area contributed by atoms with Gasteiger partial charge in [0.2, 0.25) is 0 Å². The maximum atomic E-state index is 5.96. The van der Waals surface area contributed by atoms with Crippen LogP contribution in [0, 0.1) is 0 Å². The van der Waals surface area contributed by atoms with E-state index < -0.39 is 0 Å². The lowest BCUT2D eigenvalue weighted by Crippen LogP contribution is -2.25. The summed E-state index contributed by atoms with van der Waals surface area (Å²) in [6.07, 6.45) is 0. The summed E-state index contributed by atoms with van der Waals surface area (Å²) in [5.41, 5.74) is 3.41. The second-order valence-electron chi connectivity index (χ2n) is 2.65. The molecule has 2 nitrogen and oxygen atoms in total. The molecule has 0 saturated heterocycles. The zero-order valence-corrected chi connectivity index (χ0v) is 9.21. The van der Waals surface area contributed by atoms with Crippen LogP contribution >= 0.6 is 34.8 Å². The van der Waals surface area contributed by atoms with E-state index in [9.17, 15) is 0 Å². The fraction of sp³-hybridized carbons (Fsp3) is 0.250. The molecule has 72 valence electrons. The van der Waals surface area contributed by atoms with Crippen molar-refractivity contribution in [3.63, 3.8) is 0 Å². The summed E-state index contributed by atoms with van der Waals surface area (Å²) >= 11 is 17.6. The highest BCUT2D eigenvalue weighted by Gasteiger charge is 2.12. The van der Waals surface area contributed by atoms with E-state index in [1.165, 1.54) is 0 Å². The molecule has 0 amide bonds. The van der Waals surface area contributed by atoms with Crippen LogP contribution in [0.15, 0.2) is 12.1 Å². The SMILES string of the molecule is C[C@@H](NN)c1ccc(Cl)c(Cl)c1Cl. The van der Waals surface area contributed by atoms with Crippen molar-refractivity contribution in [3.8, 4) is 0 Å². The molecule has 13 heavy (non-hydrogen) atoms. The topological polar surface area (TPSA) is 38.0 Å². The smallest absolute Gasteiger partial charge is 0.0781 e. The van der Waals surface area contributed by atoms with Gasteiger partial charge in [0.25, 0.3) is 0 Å². The summed E-state index contributed by atoms with van der Waals surface area (Å²) < 4.78 is 0. The van der Waals surface area contributed by atoms with Crippen LogP contribution < -0.4 is 11.3 Å². The molecule has 0 bridgehead atoms. The van der Waals surface area contributed by atoms with Crippen molar-refractivity contribution in [3.05, 3.63) is 32.8 Å². The van der Waals surface area contributed by atoms with Crippen molar-refractivity contribution in [2.24, 2.45) is 5.84 Å². The van der Waals surface area contributed by atoms with E-state index in [-0.39, 0.29) is 6.04 Å². The molecule has 0 saturated carbocycles. The third-order valence-corrected chi connectivity index (χ3v) is 3.09. The second kappa shape index (κ2) is 4.49. The molecule has 1 aromatic carbocycles. The maximum Gasteiger partial charge on any atom is 0.0781 e. The molecule has 0 aliphatic heterocycles. The Bertz CT molecular complexity index is 315. The van der Waals surface area contributed by atoms with E-state index in [1.54, 1.807) is 12.1 Å². The minimum Gasteiger partial charge on any atom is -0.271 e. The van der Waals surface area contributed by atoms with Crippen molar-refractivity contribution >= 4 is 34.8 Å². The molecule has 0 unspecified atom stereocenters. The Morgan fingerprint density at radius 3 is 2.38 bits per heavy atom. The average molecular weight is 240 g/mol. The molecule has 0 radical (unpaired) electrons. The van der Waals surface area contributed by atoms with Crippen LogP contribution in [0.3, 0.4) is 0 Å². The molecular weight excluding hydrogens is 230 g/mol. The Hall–Kier alpha value is 0.01000. The highest BCUT2D eigenvalue weighted by atomic mass is 35.5. The van der Waals surface area contributed by atoms with Crippen LogP contribution in [0.5, 0.6) is 0 Å². The van der Waals surface area contributed by atoms with Gasteiger partial charge in [0.1, 0.15) is 0 Å². The monoisotopic (exact) mass is 238 g/mol. The Labute approximate surface area is 91.9 Å². The van der Waals surface area contributed by atoms with Crippen molar-refractivity contribution < 1.29 is 0 Å². The first-order chi connectivity index (χ1) is 6.07. The number of hydrogen-bond acceptors (Lipinski definition) is 2. The molecule has 0 heterocycles. The summed E-state index contributed by atoms with van der Waals surface area (Å²) in [5.74, 6) is 5.28. The largest absolute Gasteiger partial charge is 0.271 e. The molecule has 1 aromatic rings. The van der Waals surface area contributed by atoms with Gasteiger partial charge in [-0.15, -0.1) is 0 Å². The first kappa shape index (κ1) is 11.1. The fourth-order valence-corrected chi connectivity index (χ4v) is 1.67. The molecule has 0 aliphatic rings. The molecule has 0 aromatic heterocycles. The van der Waals surface area contributed by atoms with Crippen LogP contribution in [0.1, 0.15) is 18.5 Å². The Morgan fingerprint density at radius 1 is 1.23 bits per heavy atom. The lowest BCUT2D eigenvalue weighted by Gasteiger charge is -2.13. The normalized spacial score (nSPS) is 13.0. The van der Waals surface area contributed by atoms with Gasteiger partial charge in [-0.05, 0) is 18.6 Å². The second-order valence-corrected chi connectivity index (χ2v) is 3.82. The molecule has 3 N–H and O–H groups in total. The van der Waals surface area contributed by atoms with Crippen LogP contribution in [0.25, 0.3) is 0 Å². The molecule has 0 spiro atoms. The van der Waals surface area contributed by atoms with Gasteiger partial charge < -0.3 is 0 Å². The lowest BCUT2D eigenvalue weighted by molar-refractivity contribution is 0.603. The fourth-order valence-electron chi connectivity index (χ4n) is 0.965. The average Bonchev–Trinajstić information content (AvgIpc) is 2.13. The van der Waals surface area contributed by atoms with E-state index >= 15 is 0 Å². The van der Waals surface area contributed by atoms with Crippen LogP contribution in [-0.2, 0) is 0 Å². The molecular formula is C8H9Cl3N2. The summed E-state index contributed by atoms with van der Waals surface area (Å²) in [4.78, 5) is 0.